The summed E-state index contributed by atoms with van der Waals surface area (Å²) in [6.45, 7) is 8.37. The molecule has 3 heterocycles. The molecular weight excluding hydrogens is 306 g/mol. The molecule has 0 spiro atoms. The van der Waals surface area contributed by atoms with Gasteiger partial charge < -0.3 is 15.0 Å². The van der Waals surface area contributed by atoms with Gasteiger partial charge >= 0.3 is 0 Å². The zero-order valence-corrected chi connectivity index (χ0v) is 14.8. The number of nitrogens with zero attached hydrogens (tertiary/aromatic N) is 4. The maximum atomic E-state index is 12.2. The van der Waals surface area contributed by atoms with E-state index in [-0.39, 0.29) is 18.5 Å². The molecule has 3 rings (SSSR count). The number of carbonyl (C=O) groups is 1. The highest BCUT2D eigenvalue weighted by molar-refractivity contribution is 5.75. The van der Waals surface area contributed by atoms with Crippen molar-refractivity contribution in [2.45, 2.75) is 64.1 Å². The van der Waals surface area contributed by atoms with Gasteiger partial charge in [0.15, 0.2) is 0 Å². The van der Waals surface area contributed by atoms with Crippen molar-refractivity contribution in [2.24, 2.45) is 0 Å². The van der Waals surface area contributed by atoms with Crippen LogP contribution in [0.3, 0.4) is 0 Å². The van der Waals surface area contributed by atoms with Gasteiger partial charge in [0.05, 0.1) is 5.69 Å². The Hall–Kier alpha value is -1.47. The lowest BCUT2D eigenvalue weighted by Crippen LogP contribution is -2.47. The third-order valence-electron chi connectivity index (χ3n) is 5.13. The smallest absolute Gasteiger partial charge is 0.242 e. The van der Waals surface area contributed by atoms with Crippen molar-refractivity contribution in [3.8, 4) is 0 Å². The molecule has 2 aliphatic rings. The first-order valence-electron chi connectivity index (χ1n) is 9.13. The summed E-state index contributed by atoms with van der Waals surface area (Å²) in [5.41, 5.74) is 0.983. The maximum Gasteiger partial charge on any atom is 0.242 e. The van der Waals surface area contributed by atoms with Crippen LogP contribution in [-0.2, 0) is 16.1 Å². The summed E-state index contributed by atoms with van der Waals surface area (Å²) in [4.78, 5) is 14.7. The third-order valence-corrected chi connectivity index (χ3v) is 5.13. The van der Waals surface area contributed by atoms with Crippen molar-refractivity contribution in [3.05, 3.63) is 11.9 Å². The Morgan fingerprint density at radius 2 is 2.00 bits per heavy atom. The number of hydrogen-bond donors (Lipinski definition) is 1. The van der Waals surface area contributed by atoms with Crippen LogP contribution in [0, 0.1) is 0 Å². The largest absolute Gasteiger partial charge is 0.381 e. The molecule has 24 heavy (non-hydrogen) atoms. The molecule has 1 N–H and O–H groups in total. The van der Waals surface area contributed by atoms with Gasteiger partial charge in [-0.2, -0.15) is 0 Å². The first-order valence-corrected chi connectivity index (χ1v) is 9.13. The summed E-state index contributed by atoms with van der Waals surface area (Å²) >= 11 is 0. The van der Waals surface area contributed by atoms with Gasteiger partial charge in [0.25, 0.3) is 0 Å². The van der Waals surface area contributed by atoms with Crippen LogP contribution in [0.25, 0.3) is 0 Å². The van der Waals surface area contributed by atoms with E-state index in [1.54, 1.807) is 4.68 Å². The standard InChI is InChI=1S/C17H29N5O2/c1-13(2)21-7-3-15(4-8-21)18-17(23)12-22-11-16(19-20-22)14-5-9-24-10-6-14/h11,13-15H,3-10,12H2,1-2H3,(H,18,23). The fourth-order valence-electron chi connectivity index (χ4n) is 3.55. The maximum absolute atomic E-state index is 12.2. The van der Waals surface area contributed by atoms with Crippen molar-refractivity contribution in [1.82, 2.24) is 25.2 Å². The van der Waals surface area contributed by atoms with Crippen LogP contribution >= 0.6 is 0 Å². The van der Waals surface area contributed by atoms with Crippen LogP contribution in [0.15, 0.2) is 6.20 Å². The van der Waals surface area contributed by atoms with Gasteiger partial charge in [0.1, 0.15) is 6.54 Å². The third kappa shape index (κ3) is 4.54. The summed E-state index contributed by atoms with van der Waals surface area (Å²) in [6, 6.07) is 0.867. The first kappa shape index (κ1) is 17.4. The molecule has 0 unspecified atom stereocenters. The SMILES string of the molecule is CC(C)N1CCC(NC(=O)Cn2cc(C3CCOCC3)nn2)CC1. The normalized spacial score (nSPS) is 21.3. The molecule has 7 nitrogen and oxygen atoms in total. The van der Waals surface area contributed by atoms with Crippen molar-refractivity contribution in [3.63, 3.8) is 0 Å². The number of piperidine rings is 1. The van der Waals surface area contributed by atoms with Gasteiger partial charge in [-0.3, -0.25) is 4.79 Å². The molecule has 1 aromatic rings. The molecule has 2 fully saturated rings. The van der Waals surface area contributed by atoms with Crippen LogP contribution in [0.2, 0.25) is 0 Å². The predicted octanol–water partition coefficient (Wildman–Crippen LogP) is 1.16. The Morgan fingerprint density at radius 1 is 1.29 bits per heavy atom. The average Bonchev–Trinajstić information content (AvgIpc) is 3.04. The van der Waals surface area contributed by atoms with Gasteiger partial charge in [0, 0.05) is 50.5 Å². The quantitative estimate of drug-likeness (QED) is 0.874. The monoisotopic (exact) mass is 335 g/mol. The Morgan fingerprint density at radius 3 is 2.67 bits per heavy atom. The number of likely N-dealkylation sites (tertiary alicyclic amines) is 1. The molecule has 1 aromatic heterocycles. The van der Waals surface area contributed by atoms with Crippen molar-refractivity contribution in [1.29, 1.82) is 0 Å². The second kappa shape index (κ2) is 8.07. The summed E-state index contributed by atoms with van der Waals surface area (Å²) in [6.07, 6.45) is 5.93. The van der Waals surface area contributed by atoms with Crippen molar-refractivity contribution in [2.75, 3.05) is 26.3 Å². The number of amides is 1. The molecule has 7 heteroatoms. The van der Waals surface area contributed by atoms with Crippen LogP contribution in [0.1, 0.15) is 51.1 Å². The Labute approximate surface area is 143 Å². The van der Waals surface area contributed by atoms with E-state index in [0.29, 0.717) is 12.0 Å². The predicted molar refractivity (Wildman–Crippen MR) is 90.7 cm³/mol. The second-order valence-electron chi connectivity index (χ2n) is 7.20. The zero-order valence-electron chi connectivity index (χ0n) is 14.8. The van der Waals surface area contributed by atoms with Gasteiger partial charge in [-0.15, -0.1) is 5.10 Å². The van der Waals surface area contributed by atoms with E-state index in [1.165, 1.54) is 0 Å². The van der Waals surface area contributed by atoms with E-state index in [1.807, 2.05) is 6.20 Å². The lowest BCUT2D eigenvalue weighted by atomic mass is 9.97. The highest BCUT2D eigenvalue weighted by Gasteiger charge is 2.23. The number of hydrogen-bond acceptors (Lipinski definition) is 5. The van der Waals surface area contributed by atoms with Gasteiger partial charge in [0.2, 0.25) is 5.91 Å². The summed E-state index contributed by atoms with van der Waals surface area (Å²) < 4.78 is 7.03. The van der Waals surface area contributed by atoms with E-state index in [9.17, 15) is 4.79 Å². The minimum absolute atomic E-state index is 0.0291. The molecule has 2 saturated heterocycles. The Bertz CT molecular complexity index is 531. The minimum atomic E-state index is 0.0291. The number of aromatic nitrogens is 3. The number of carbonyl (C=O) groups excluding carboxylic acids is 1. The molecule has 0 saturated carbocycles. The van der Waals surface area contributed by atoms with E-state index in [0.717, 1.165) is 57.7 Å². The molecule has 134 valence electrons. The fraction of sp³-hybridized carbons (Fsp3) is 0.824. The topological polar surface area (TPSA) is 72.3 Å². The molecule has 0 atom stereocenters. The van der Waals surface area contributed by atoms with E-state index in [2.05, 4.69) is 34.4 Å². The molecule has 0 aliphatic carbocycles. The highest BCUT2D eigenvalue weighted by atomic mass is 16.5. The summed E-state index contributed by atoms with van der Waals surface area (Å²) in [5.74, 6) is 0.442. The van der Waals surface area contributed by atoms with Gasteiger partial charge in [-0.05, 0) is 39.5 Å². The molecule has 1 amide bonds. The van der Waals surface area contributed by atoms with E-state index in [4.69, 9.17) is 4.74 Å². The van der Waals surface area contributed by atoms with Gasteiger partial charge in [-0.1, -0.05) is 5.21 Å². The Balaban J connectivity index is 1.44. The zero-order chi connectivity index (χ0) is 16.9. The summed E-state index contributed by atoms with van der Waals surface area (Å²) in [5, 5.41) is 11.5. The molecule has 0 radical (unpaired) electrons. The lowest BCUT2D eigenvalue weighted by molar-refractivity contribution is -0.122. The fourth-order valence-corrected chi connectivity index (χ4v) is 3.55. The number of nitrogens with one attached hydrogen (secondary N) is 1. The number of ether oxygens (including phenoxy) is 1. The van der Waals surface area contributed by atoms with Gasteiger partial charge in [-0.25, -0.2) is 4.68 Å². The minimum Gasteiger partial charge on any atom is -0.381 e. The van der Waals surface area contributed by atoms with E-state index < -0.39 is 0 Å². The van der Waals surface area contributed by atoms with Crippen LogP contribution in [0.4, 0.5) is 0 Å². The number of rotatable bonds is 5. The van der Waals surface area contributed by atoms with Crippen LogP contribution in [-0.4, -0.2) is 64.2 Å². The van der Waals surface area contributed by atoms with Crippen LogP contribution < -0.4 is 5.32 Å². The summed E-state index contributed by atoms with van der Waals surface area (Å²) in [7, 11) is 0. The molecular formula is C17H29N5O2. The Kier molecular flexibility index (Phi) is 5.84. The first-order chi connectivity index (χ1) is 11.6. The highest BCUT2D eigenvalue weighted by Crippen LogP contribution is 2.24. The molecule has 2 aliphatic heterocycles. The van der Waals surface area contributed by atoms with Crippen molar-refractivity contribution >= 4 is 5.91 Å². The average molecular weight is 335 g/mol. The molecule has 0 bridgehead atoms. The van der Waals surface area contributed by atoms with Crippen molar-refractivity contribution < 1.29 is 9.53 Å². The van der Waals surface area contributed by atoms with Crippen LogP contribution in [0.5, 0.6) is 0 Å². The molecule has 0 aromatic carbocycles. The second-order valence-corrected chi connectivity index (χ2v) is 7.20. The van der Waals surface area contributed by atoms with E-state index >= 15 is 0 Å². The lowest BCUT2D eigenvalue weighted by Gasteiger charge is -2.34.